The highest BCUT2D eigenvalue weighted by Crippen LogP contribution is 2.48. The monoisotopic (exact) mass is 368 g/mol. The zero-order valence-corrected chi connectivity index (χ0v) is 14.9. The van der Waals surface area contributed by atoms with Crippen LogP contribution in [0.4, 0.5) is 0 Å². The molecule has 0 N–H and O–H groups in total. The van der Waals surface area contributed by atoms with Gasteiger partial charge in [0.1, 0.15) is 0 Å². The Bertz CT molecular complexity index is 871. The lowest BCUT2D eigenvalue weighted by Crippen LogP contribution is -2.36. The number of rotatable bonds is 5. The topological polar surface area (TPSA) is 52.6 Å². The molecule has 1 aliphatic rings. The van der Waals surface area contributed by atoms with E-state index in [1.54, 1.807) is 30.3 Å². The first-order valence-corrected chi connectivity index (χ1v) is 8.36. The maximum absolute atomic E-state index is 12.3. The predicted molar refractivity (Wildman–Crippen MR) is 98.7 cm³/mol. The van der Waals surface area contributed by atoms with Crippen molar-refractivity contribution in [3.05, 3.63) is 95.1 Å². The lowest BCUT2D eigenvalue weighted by Gasteiger charge is -2.36. The van der Waals surface area contributed by atoms with Gasteiger partial charge in [-0.25, -0.2) is 9.59 Å². The van der Waals surface area contributed by atoms with Crippen LogP contribution in [-0.4, -0.2) is 19.0 Å². The highest BCUT2D eigenvalue weighted by atomic mass is 35.5. The Morgan fingerprint density at radius 1 is 1.15 bits per heavy atom. The van der Waals surface area contributed by atoms with Crippen LogP contribution >= 0.6 is 11.6 Å². The molecule has 4 nitrogen and oxygen atoms in total. The minimum atomic E-state index is -1.21. The molecule has 0 radical (unpaired) electrons. The van der Waals surface area contributed by atoms with Crippen LogP contribution in [0.5, 0.6) is 0 Å². The molecule has 132 valence electrons. The van der Waals surface area contributed by atoms with Crippen molar-refractivity contribution >= 4 is 23.5 Å². The molecular formula is C21H17ClO4. The summed E-state index contributed by atoms with van der Waals surface area (Å²) in [4.78, 5) is 24.3. The molecule has 0 spiro atoms. The average molecular weight is 369 g/mol. The van der Waals surface area contributed by atoms with E-state index in [1.807, 2.05) is 30.3 Å². The van der Waals surface area contributed by atoms with Gasteiger partial charge in [0.15, 0.2) is 5.60 Å². The molecule has 0 bridgehead atoms. The molecule has 26 heavy (non-hydrogen) atoms. The van der Waals surface area contributed by atoms with Gasteiger partial charge >= 0.3 is 11.9 Å². The Hall–Kier alpha value is -2.85. The van der Waals surface area contributed by atoms with Gasteiger partial charge in [0, 0.05) is 22.2 Å². The molecule has 0 aromatic heterocycles. The van der Waals surface area contributed by atoms with E-state index >= 15 is 0 Å². The van der Waals surface area contributed by atoms with Crippen molar-refractivity contribution in [2.24, 2.45) is 0 Å². The van der Waals surface area contributed by atoms with E-state index in [0.717, 1.165) is 5.56 Å². The molecule has 0 aliphatic carbocycles. The van der Waals surface area contributed by atoms with Gasteiger partial charge < -0.3 is 9.47 Å². The number of hydrogen-bond acceptors (Lipinski definition) is 4. The van der Waals surface area contributed by atoms with E-state index in [1.165, 1.54) is 13.2 Å². The van der Waals surface area contributed by atoms with Gasteiger partial charge in [0.2, 0.25) is 0 Å². The molecule has 3 rings (SSSR count). The second-order valence-corrected chi connectivity index (χ2v) is 6.35. The maximum atomic E-state index is 12.3. The van der Waals surface area contributed by atoms with Crippen molar-refractivity contribution < 1.29 is 19.1 Å². The van der Waals surface area contributed by atoms with Crippen molar-refractivity contribution in [2.75, 3.05) is 7.11 Å². The van der Waals surface area contributed by atoms with E-state index < -0.39 is 23.5 Å². The van der Waals surface area contributed by atoms with E-state index in [9.17, 15) is 9.59 Å². The van der Waals surface area contributed by atoms with Crippen molar-refractivity contribution in [3.63, 3.8) is 0 Å². The smallest absolute Gasteiger partial charge is 0.333 e. The van der Waals surface area contributed by atoms with E-state index in [-0.39, 0.29) is 5.57 Å². The lowest BCUT2D eigenvalue weighted by atomic mass is 9.73. The summed E-state index contributed by atoms with van der Waals surface area (Å²) < 4.78 is 10.6. The Labute approximate surface area is 156 Å². The second kappa shape index (κ2) is 7.18. The Kier molecular flexibility index (Phi) is 4.96. The Morgan fingerprint density at radius 3 is 2.35 bits per heavy atom. The summed E-state index contributed by atoms with van der Waals surface area (Å²) >= 11 is 6.01. The fourth-order valence-corrected chi connectivity index (χ4v) is 3.34. The summed E-state index contributed by atoms with van der Waals surface area (Å²) in [5.41, 5.74) is 0.432. The van der Waals surface area contributed by atoms with E-state index in [0.29, 0.717) is 10.6 Å². The number of methoxy groups -OCH3 is 1. The van der Waals surface area contributed by atoms with Gasteiger partial charge in [-0.1, -0.05) is 60.6 Å². The van der Waals surface area contributed by atoms with Gasteiger partial charge in [-0.05, 0) is 23.8 Å². The number of halogens is 1. The van der Waals surface area contributed by atoms with E-state index in [2.05, 4.69) is 6.58 Å². The van der Waals surface area contributed by atoms with E-state index in [4.69, 9.17) is 21.1 Å². The van der Waals surface area contributed by atoms with Crippen LogP contribution in [0.2, 0.25) is 5.02 Å². The van der Waals surface area contributed by atoms with Gasteiger partial charge in [-0.15, -0.1) is 0 Å². The fraction of sp³-hybridized carbons (Fsp3) is 0.143. The summed E-state index contributed by atoms with van der Waals surface area (Å²) in [5.74, 6) is -1.71. The van der Waals surface area contributed by atoms with Crippen molar-refractivity contribution in [1.29, 1.82) is 0 Å². The maximum Gasteiger partial charge on any atom is 0.333 e. The van der Waals surface area contributed by atoms with Crippen LogP contribution in [0, 0.1) is 0 Å². The van der Waals surface area contributed by atoms with Gasteiger partial charge in [-0.3, -0.25) is 0 Å². The van der Waals surface area contributed by atoms with Crippen LogP contribution in [-0.2, 0) is 24.7 Å². The molecule has 0 amide bonds. The molecule has 5 heteroatoms. The molecule has 1 heterocycles. The molecule has 2 aromatic rings. The number of hydrogen-bond donors (Lipinski definition) is 0. The van der Waals surface area contributed by atoms with Crippen molar-refractivity contribution in [2.45, 2.75) is 11.5 Å². The third-order valence-electron chi connectivity index (χ3n) is 4.39. The average Bonchev–Trinajstić information content (AvgIpc) is 3.05. The molecule has 0 saturated heterocycles. The van der Waals surface area contributed by atoms with Gasteiger partial charge in [-0.2, -0.15) is 0 Å². The number of ether oxygens (including phenoxy) is 2. The number of benzene rings is 2. The van der Waals surface area contributed by atoms with Crippen LogP contribution in [0.1, 0.15) is 17.0 Å². The highest BCUT2D eigenvalue weighted by Gasteiger charge is 2.48. The Morgan fingerprint density at radius 2 is 1.81 bits per heavy atom. The molecule has 2 aromatic carbocycles. The molecule has 0 fully saturated rings. The van der Waals surface area contributed by atoms with Crippen LogP contribution in [0.3, 0.4) is 0 Å². The third-order valence-corrected chi connectivity index (χ3v) is 4.64. The predicted octanol–water partition coefficient (Wildman–Crippen LogP) is 4.16. The standard InChI is InChI=1S/C21H17ClO4/c1-14(20(24)25-2)19(15-6-4-3-5-7-15)21(13-12-18(23)26-21)16-8-10-17(22)11-9-16/h3-13,19H,1H2,2H3/t19-,21+/m0/s1. The van der Waals surface area contributed by atoms with Crippen LogP contribution < -0.4 is 0 Å². The SMILES string of the molecule is C=C(C(=O)OC)[C@@H](c1ccccc1)[C@]1(c2ccc(Cl)cc2)C=CC(=O)O1. The summed E-state index contributed by atoms with van der Waals surface area (Å²) in [7, 11) is 1.29. The van der Waals surface area contributed by atoms with Crippen molar-refractivity contribution in [1.82, 2.24) is 0 Å². The number of carbonyl (C=O) groups is 2. The molecular weight excluding hydrogens is 352 g/mol. The highest BCUT2D eigenvalue weighted by molar-refractivity contribution is 6.30. The number of esters is 2. The quantitative estimate of drug-likeness (QED) is 0.587. The first-order chi connectivity index (χ1) is 12.5. The normalized spacial score (nSPS) is 19.7. The minimum absolute atomic E-state index is 0.188. The zero-order chi connectivity index (χ0) is 18.7. The molecule has 0 saturated carbocycles. The first kappa shape index (κ1) is 18.0. The fourth-order valence-electron chi connectivity index (χ4n) is 3.22. The lowest BCUT2D eigenvalue weighted by molar-refractivity contribution is -0.149. The Balaban J connectivity index is 2.22. The van der Waals surface area contributed by atoms with Crippen molar-refractivity contribution in [3.8, 4) is 0 Å². The first-order valence-electron chi connectivity index (χ1n) is 7.98. The summed E-state index contributed by atoms with van der Waals surface area (Å²) in [6.07, 6.45) is 3.01. The largest absolute Gasteiger partial charge is 0.466 e. The summed E-state index contributed by atoms with van der Waals surface area (Å²) in [5, 5.41) is 0.556. The molecule has 0 unspecified atom stereocenters. The van der Waals surface area contributed by atoms with Crippen LogP contribution in [0.15, 0.2) is 78.9 Å². The molecule has 2 atom stereocenters. The number of carbonyl (C=O) groups excluding carboxylic acids is 2. The number of cyclic esters (lactones) is 1. The zero-order valence-electron chi connectivity index (χ0n) is 14.1. The van der Waals surface area contributed by atoms with Gasteiger partial charge in [0.25, 0.3) is 0 Å². The summed E-state index contributed by atoms with van der Waals surface area (Å²) in [6, 6.07) is 16.2. The van der Waals surface area contributed by atoms with Gasteiger partial charge in [0.05, 0.1) is 13.0 Å². The third kappa shape index (κ3) is 3.16. The van der Waals surface area contributed by atoms with Crippen LogP contribution in [0.25, 0.3) is 0 Å². The second-order valence-electron chi connectivity index (χ2n) is 5.91. The summed E-state index contributed by atoms with van der Waals surface area (Å²) in [6.45, 7) is 3.93. The molecule has 1 aliphatic heterocycles. The minimum Gasteiger partial charge on any atom is -0.466 e.